The van der Waals surface area contributed by atoms with Crippen LogP contribution in [0, 0.1) is 0 Å². The molecule has 0 fully saturated rings. The maximum Gasteiger partial charge on any atom is 0.357 e. The van der Waals surface area contributed by atoms with E-state index in [2.05, 4.69) is 25.9 Å². The monoisotopic (exact) mass is 407 g/mol. The van der Waals surface area contributed by atoms with Gasteiger partial charge in [0, 0.05) is 10.8 Å². The van der Waals surface area contributed by atoms with Crippen LogP contribution in [0.25, 0.3) is 0 Å². The molecule has 0 aromatic carbocycles. The normalized spacial score (nSPS) is 9.59. The second kappa shape index (κ2) is 9.49. The van der Waals surface area contributed by atoms with Crippen molar-refractivity contribution in [2.24, 2.45) is 0 Å². The van der Waals surface area contributed by atoms with Crippen LogP contribution in [0.15, 0.2) is 14.7 Å². The van der Waals surface area contributed by atoms with E-state index in [-0.39, 0.29) is 11.7 Å². The van der Waals surface area contributed by atoms with Gasteiger partial charge in [0.2, 0.25) is 0 Å². The fraction of sp³-hybridized carbons (Fsp3) is 0.333. The molecule has 22 heavy (non-hydrogen) atoms. The highest BCUT2D eigenvalue weighted by Gasteiger charge is 2.10. The average molecular weight is 408 g/mol. The second-order valence-corrected chi connectivity index (χ2v) is 6.52. The van der Waals surface area contributed by atoms with E-state index in [0.29, 0.717) is 28.0 Å². The molecular weight excluding hydrogens is 394 g/mol. The van der Waals surface area contributed by atoms with Crippen molar-refractivity contribution in [2.45, 2.75) is 13.8 Å². The summed E-state index contributed by atoms with van der Waals surface area (Å²) in [6, 6.07) is 0. The van der Waals surface area contributed by atoms with Gasteiger partial charge in [0.25, 0.3) is 0 Å². The highest BCUT2D eigenvalue weighted by atomic mass is 79.9. The van der Waals surface area contributed by atoms with Gasteiger partial charge in [-0.05, 0) is 29.8 Å². The van der Waals surface area contributed by atoms with Gasteiger partial charge in [-0.15, -0.1) is 22.7 Å². The lowest BCUT2D eigenvalue weighted by molar-refractivity contribution is 0.0511. The smallest absolute Gasteiger partial charge is 0.357 e. The Labute approximate surface area is 143 Å². The summed E-state index contributed by atoms with van der Waals surface area (Å²) in [7, 11) is 0. The van der Waals surface area contributed by atoms with E-state index >= 15 is 0 Å². The maximum atomic E-state index is 11.0. The molecule has 0 saturated carbocycles. The van der Waals surface area contributed by atoms with Crippen LogP contribution in [-0.2, 0) is 9.47 Å². The number of nitrogens with two attached hydrogens (primary N) is 1. The summed E-state index contributed by atoms with van der Waals surface area (Å²) in [6.45, 7) is 4.25. The molecule has 0 bridgehead atoms. The molecule has 7 nitrogen and oxygen atoms in total. The van der Waals surface area contributed by atoms with E-state index in [1.54, 1.807) is 24.6 Å². The van der Waals surface area contributed by atoms with Gasteiger partial charge in [0.15, 0.2) is 20.4 Å². The number of nitrogen functional groups attached to an aromatic ring is 1. The van der Waals surface area contributed by atoms with Crippen LogP contribution in [0.4, 0.5) is 5.13 Å². The van der Waals surface area contributed by atoms with Crippen LogP contribution in [-0.4, -0.2) is 35.1 Å². The molecule has 0 amide bonds. The maximum absolute atomic E-state index is 11.0. The third kappa shape index (κ3) is 6.08. The Kier molecular flexibility index (Phi) is 7.99. The molecular formula is C12H14BrN3O4S2. The van der Waals surface area contributed by atoms with E-state index in [1.165, 1.54) is 22.7 Å². The number of halogens is 1. The molecule has 0 radical (unpaired) electrons. The molecule has 0 spiro atoms. The molecule has 0 aliphatic heterocycles. The van der Waals surface area contributed by atoms with Crippen LogP contribution in [0.3, 0.4) is 0 Å². The van der Waals surface area contributed by atoms with Gasteiger partial charge in [-0.25, -0.2) is 19.6 Å². The van der Waals surface area contributed by atoms with Crippen molar-refractivity contribution in [1.29, 1.82) is 0 Å². The lowest BCUT2D eigenvalue weighted by Gasteiger charge is -1.95. The minimum atomic E-state index is -0.416. The Morgan fingerprint density at radius 3 is 1.95 bits per heavy atom. The average Bonchev–Trinajstić information content (AvgIpc) is 3.09. The zero-order valence-electron chi connectivity index (χ0n) is 11.9. The number of aromatic nitrogens is 2. The Hall–Kier alpha value is -1.52. The molecule has 120 valence electrons. The van der Waals surface area contributed by atoms with Gasteiger partial charge in [-0.3, -0.25) is 0 Å². The largest absolute Gasteiger partial charge is 0.461 e. The first-order valence-corrected chi connectivity index (χ1v) is 8.69. The quantitative estimate of drug-likeness (QED) is 0.776. The van der Waals surface area contributed by atoms with E-state index < -0.39 is 5.97 Å². The van der Waals surface area contributed by atoms with Crippen molar-refractivity contribution in [2.75, 3.05) is 18.9 Å². The minimum Gasteiger partial charge on any atom is -0.461 e. The summed E-state index contributed by atoms with van der Waals surface area (Å²) in [6.07, 6.45) is 0. The number of thiazole rings is 2. The van der Waals surface area contributed by atoms with Gasteiger partial charge in [0.05, 0.1) is 13.2 Å². The second-order valence-electron chi connectivity index (χ2n) is 3.50. The number of rotatable bonds is 4. The highest BCUT2D eigenvalue weighted by molar-refractivity contribution is 9.11. The van der Waals surface area contributed by atoms with Crippen LogP contribution >= 0.6 is 38.6 Å². The van der Waals surface area contributed by atoms with Crippen LogP contribution in [0.2, 0.25) is 0 Å². The van der Waals surface area contributed by atoms with Crippen molar-refractivity contribution in [3.8, 4) is 0 Å². The zero-order valence-corrected chi connectivity index (χ0v) is 15.1. The molecule has 2 N–H and O–H groups in total. The predicted molar refractivity (Wildman–Crippen MR) is 88.3 cm³/mol. The predicted octanol–water partition coefficient (Wildman–Crippen LogP) is 2.98. The molecule has 10 heteroatoms. The van der Waals surface area contributed by atoms with Crippen LogP contribution in [0.1, 0.15) is 34.8 Å². The molecule has 2 aromatic heterocycles. The summed E-state index contributed by atoms with van der Waals surface area (Å²) in [5.74, 6) is -0.782. The van der Waals surface area contributed by atoms with Crippen molar-refractivity contribution < 1.29 is 19.1 Å². The number of anilines is 1. The fourth-order valence-corrected chi connectivity index (χ4v) is 2.65. The number of ether oxygens (including phenoxy) is 2. The SMILES string of the molecule is CCOC(=O)c1csc(Br)n1.CCOC(=O)c1csc(N)n1. The van der Waals surface area contributed by atoms with Gasteiger partial charge in [0.1, 0.15) is 0 Å². The molecule has 0 aliphatic rings. The van der Waals surface area contributed by atoms with Crippen LogP contribution < -0.4 is 5.73 Å². The number of carbonyl (C=O) groups is 2. The van der Waals surface area contributed by atoms with Crippen molar-refractivity contribution in [3.63, 3.8) is 0 Å². The Morgan fingerprint density at radius 1 is 1.09 bits per heavy atom. The van der Waals surface area contributed by atoms with Crippen LogP contribution in [0.5, 0.6) is 0 Å². The summed E-state index contributed by atoms with van der Waals surface area (Å²) in [4.78, 5) is 29.5. The lowest BCUT2D eigenvalue weighted by Crippen LogP contribution is -2.04. The number of esters is 2. The molecule has 0 aliphatic carbocycles. The number of carbonyl (C=O) groups excluding carboxylic acids is 2. The van der Waals surface area contributed by atoms with E-state index in [0.717, 1.165) is 0 Å². The number of hydrogen-bond acceptors (Lipinski definition) is 9. The lowest BCUT2D eigenvalue weighted by atomic mass is 10.5. The zero-order chi connectivity index (χ0) is 16.5. The number of nitrogens with zero attached hydrogens (tertiary/aromatic N) is 2. The topological polar surface area (TPSA) is 104 Å². The summed E-state index contributed by atoms with van der Waals surface area (Å²) >= 11 is 5.74. The van der Waals surface area contributed by atoms with Crippen molar-refractivity contribution >= 4 is 55.7 Å². The standard InChI is InChI=1S/C6H6BrNO2S.C6H8N2O2S/c2*1-2-10-5(9)4-3-11-6(7)8-4/h3H,2H2,1H3;3H,2H2,1H3,(H2,7,8). The Bertz CT molecular complexity index is 575. The molecule has 2 heterocycles. The fourth-order valence-electron chi connectivity index (χ4n) is 1.14. The molecule has 2 rings (SSSR count). The van der Waals surface area contributed by atoms with Gasteiger partial charge < -0.3 is 15.2 Å². The van der Waals surface area contributed by atoms with E-state index in [1.807, 2.05) is 0 Å². The summed E-state index contributed by atoms with van der Waals surface area (Å²) in [5.41, 5.74) is 5.96. The molecule has 2 aromatic rings. The molecule has 0 atom stereocenters. The summed E-state index contributed by atoms with van der Waals surface area (Å²) in [5, 5.41) is 3.61. The van der Waals surface area contributed by atoms with Crippen molar-refractivity contribution in [1.82, 2.24) is 9.97 Å². The minimum absolute atomic E-state index is 0.286. The Balaban J connectivity index is 0.000000220. The number of hydrogen-bond donors (Lipinski definition) is 1. The first-order chi connectivity index (χ1) is 10.5. The first-order valence-electron chi connectivity index (χ1n) is 6.14. The van der Waals surface area contributed by atoms with E-state index in [9.17, 15) is 9.59 Å². The Morgan fingerprint density at radius 2 is 1.59 bits per heavy atom. The third-order valence-electron chi connectivity index (χ3n) is 1.97. The first kappa shape index (κ1) is 18.5. The highest BCUT2D eigenvalue weighted by Crippen LogP contribution is 2.16. The van der Waals surface area contributed by atoms with E-state index in [4.69, 9.17) is 15.2 Å². The molecule has 0 saturated heterocycles. The van der Waals surface area contributed by atoms with Gasteiger partial charge >= 0.3 is 11.9 Å². The van der Waals surface area contributed by atoms with Gasteiger partial charge in [-0.1, -0.05) is 0 Å². The van der Waals surface area contributed by atoms with Gasteiger partial charge in [-0.2, -0.15) is 0 Å². The molecule has 0 unspecified atom stereocenters. The third-order valence-corrected chi connectivity index (χ3v) is 4.01. The van der Waals surface area contributed by atoms with Crippen molar-refractivity contribution in [3.05, 3.63) is 26.1 Å². The summed E-state index contributed by atoms with van der Waals surface area (Å²) < 4.78 is 10.1.